The van der Waals surface area contributed by atoms with E-state index in [1.807, 2.05) is 0 Å². The molecule has 0 saturated heterocycles. The van der Waals surface area contributed by atoms with E-state index >= 15 is 0 Å². The third-order valence-corrected chi connectivity index (χ3v) is 3.83. The molecule has 20 heavy (non-hydrogen) atoms. The predicted octanol–water partition coefficient (Wildman–Crippen LogP) is 4.31. The van der Waals surface area contributed by atoms with Crippen LogP contribution in [0.4, 0.5) is 4.39 Å². The van der Waals surface area contributed by atoms with E-state index < -0.39 is 11.6 Å². The summed E-state index contributed by atoms with van der Waals surface area (Å²) in [6.07, 6.45) is 0.441. The van der Waals surface area contributed by atoms with Gasteiger partial charge in [0, 0.05) is 5.56 Å². The van der Waals surface area contributed by atoms with Gasteiger partial charge in [-0.15, -0.1) is 0 Å². The summed E-state index contributed by atoms with van der Waals surface area (Å²) in [5.41, 5.74) is -1.88. The molecule has 0 spiro atoms. The molecular weight excluding hydrogens is 308 g/mol. The first-order chi connectivity index (χ1) is 9.44. The van der Waals surface area contributed by atoms with Crippen LogP contribution in [0.3, 0.4) is 0 Å². The monoisotopic (exact) mass is 315 g/mol. The van der Waals surface area contributed by atoms with Crippen molar-refractivity contribution in [1.29, 1.82) is 0 Å². The van der Waals surface area contributed by atoms with Crippen molar-refractivity contribution in [3.8, 4) is 11.3 Å². The number of carboxylic acids is 1. The number of aromatic carboxylic acids is 1. The van der Waals surface area contributed by atoms with Crippen LogP contribution in [0.2, 0.25) is 10.0 Å². The second-order valence-electron chi connectivity index (χ2n) is 4.60. The van der Waals surface area contributed by atoms with Crippen molar-refractivity contribution in [2.75, 3.05) is 0 Å². The Hall–Kier alpha value is -1.59. The molecule has 4 nitrogen and oxygen atoms in total. The predicted molar refractivity (Wildman–Crippen MR) is 70.9 cm³/mol. The Morgan fingerprint density at radius 2 is 1.95 bits per heavy atom. The number of carbonyl (C=O) groups is 1. The average Bonchev–Trinajstić information content (AvgIpc) is 2.96. The number of halogens is 3. The van der Waals surface area contributed by atoms with Crippen LogP contribution in [0.1, 0.15) is 29.0 Å². The molecule has 1 N–H and O–H groups in total. The van der Waals surface area contributed by atoms with Gasteiger partial charge in [-0.2, -0.15) is 0 Å². The molecule has 1 heterocycles. The van der Waals surface area contributed by atoms with E-state index in [2.05, 4.69) is 5.16 Å². The van der Waals surface area contributed by atoms with Crippen LogP contribution in [-0.4, -0.2) is 16.2 Å². The first-order valence-corrected chi connectivity index (χ1v) is 6.56. The lowest BCUT2D eigenvalue weighted by molar-refractivity contribution is 0.0689. The van der Waals surface area contributed by atoms with Gasteiger partial charge in [0.05, 0.1) is 10.0 Å². The molecule has 0 atom stereocenters. The highest BCUT2D eigenvalue weighted by Crippen LogP contribution is 2.52. The minimum Gasteiger partial charge on any atom is -0.477 e. The molecule has 1 aromatic heterocycles. The molecule has 0 amide bonds. The standard InChI is InChI=1S/C13H8Cl2FNO3/c14-6-2-1-3-7(15)8(6)10-9(12(18)19)11(20-17-10)13(16)4-5-13/h1-3H,4-5H2,(H,18,19). The van der Waals surface area contributed by atoms with Gasteiger partial charge in [-0.1, -0.05) is 34.4 Å². The lowest BCUT2D eigenvalue weighted by Crippen LogP contribution is -2.07. The summed E-state index contributed by atoms with van der Waals surface area (Å²) in [5, 5.41) is 13.4. The van der Waals surface area contributed by atoms with E-state index in [9.17, 15) is 14.3 Å². The fourth-order valence-corrected chi connectivity index (χ4v) is 2.60. The van der Waals surface area contributed by atoms with Gasteiger partial charge in [-0.3, -0.25) is 0 Å². The molecule has 2 aromatic rings. The molecule has 7 heteroatoms. The van der Waals surface area contributed by atoms with Gasteiger partial charge >= 0.3 is 5.97 Å². The first-order valence-electron chi connectivity index (χ1n) is 5.81. The van der Waals surface area contributed by atoms with Crippen LogP contribution in [-0.2, 0) is 5.67 Å². The second-order valence-corrected chi connectivity index (χ2v) is 5.42. The van der Waals surface area contributed by atoms with Gasteiger partial charge < -0.3 is 9.63 Å². The quantitative estimate of drug-likeness (QED) is 0.916. The molecule has 1 aliphatic carbocycles. The maximum Gasteiger partial charge on any atom is 0.341 e. The van der Waals surface area contributed by atoms with Crippen LogP contribution in [0.25, 0.3) is 11.3 Å². The third-order valence-electron chi connectivity index (χ3n) is 3.20. The van der Waals surface area contributed by atoms with Gasteiger partial charge in [0.25, 0.3) is 0 Å². The molecule has 0 aliphatic heterocycles. The number of hydrogen-bond acceptors (Lipinski definition) is 3. The average molecular weight is 316 g/mol. The van der Waals surface area contributed by atoms with Crippen molar-refractivity contribution >= 4 is 29.2 Å². The van der Waals surface area contributed by atoms with Crippen molar-refractivity contribution in [2.24, 2.45) is 0 Å². The smallest absolute Gasteiger partial charge is 0.341 e. The Kier molecular flexibility index (Phi) is 2.99. The summed E-state index contributed by atoms with van der Waals surface area (Å²) in [6.45, 7) is 0. The molecule has 3 rings (SSSR count). The summed E-state index contributed by atoms with van der Waals surface area (Å²) in [5.74, 6) is -1.59. The van der Waals surface area contributed by atoms with E-state index in [4.69, 9.17) is 27.7 Å². The van der Waals surface area contributed by atoms with Crippen LogP contribution >= 0.6 is 23.2 Å². The van der Waals surface area contributed by atoms with Crippen molar-refractivity contribution in [1.82, 2.24) is 5.16 Å². The molecule has 0 radical (unpaired) electrons. The Balaban J connectivity index is 2.25. The summed E-state index contributed by atoms with van der Waals surface area (Å²) < 4.78 is 19.0. The lowest BCUT2D eigenvalue weighted by atomic mass is 10.0. The molecule has 0 bridgehead atoms. The highest BCUT2D eigenvalue weighted by atomic mass is 35.5. The van der Waals surface area contributed by atoms with Gasteiger partial charge in [-0.05, 0) is 25.0 Å². The lowest BCUT2D eigenvalue weighted by Gasteiger charge is -2.05. The SMILES string of the molecule is O=C(O)c1c(-c2c(Cl)cccc2Cl)noc1C1(F)CC1. The zero-order valence-corrected chi connectivity index (χ0v) is 11.5. The minimum absolute atomic E-state index is 0.0491. The maximum atomic E-state index is 14.1. The topological polar surface area (TPSA) is 63.3 Å². The van der Waals surface area contributed by atoms with Gasteiger partial charge in [0.15, 0.2) is 11.4 Å². The number of benzene rings is 1. The fraction of sp³-hybridized carbons (Fsp3) is 0.231. The Morgan fingerprint density at radius 3 is 2.45 bits per heavy atom. The van der Waals surface area contributed by atoms with Gasteiger partial charge in [-0.25, -0.2) is 9.18 Å². The molecule has 1 aliphatic rings. The van der Waals surface area contributed by atoms with Crippen LogP contribution < -0.4 is 0 Å². The highest BCUT2D eigenvalue weighted by Gasteiger charge is 2.52. The number of carboxylic acid groups (broad SMARTS) is 1. The van der Waals surface area contributed by atoms with Crippen molar-refractivity contribution in [3.05, 3.63) is 39.6 Å². The third kappa shape index (κ3) is 1.98. The molecular formula is C13H8Cl2FNO3. The van der Waals surface area contributed by atoms with Gasteiger partial charge in [0.2, 0.25) is 0 Å². The van der Waals surface area contributed by atoms with E-state index in [0.29, 0.717) is 0 Å². The summed E-state index contributed by atoms with van der Waals surface area (Å²) in [6, 6.07) is 4.71. The highest BCUT2D eigenvalue weighted by molar-refractivity contribution is 6.39. The molecule has 1 fully saturated rings. The Bertz CT molecular complexity index is 689. The molecule has 0 unspecified atom stereocenters. The summed E-state index contributed by atoms with van der Waals surface area (Å²) in [7, 11) is 0. The Morgan fingerprint density at radius 1 is 1.35 bits per heavy atom. The maximum absolute atomic E-state index is 14.1. The van der Waals surface area contributed by atoms with E-state index in [1.165, 1.54) is 0 Å². The number of alkyl halides is 1. The summed E-state index contributed by atoms with van der Waals surface area (Å²) in [4.78, 5) is 11.4. The van der Waals surface area contributed by atoms with Crippen molar-refractivity contribution in [3.63, 3.8) is 0 Å². The van der Waals surface area contributed by atoms with E-state index in [0.717, 1.165) is 0 Å². The first kappa shape index (κ1) is 13.4. The number of hydrogen-bond donors (Lipinski definition) is 1. The Labute approximate surface area is 123 Å². The van der Waals surface area contributed by atoms with Gasteiger partial charge in [0.1, 0.15) is 11.3 Å². The molecule has 1 saturated carbocycles. The van der Waals surface area contributed by atoms with Crippen LogP contribution in [0.15, 0.2) is 22.7 Å². The zero-order valence-electron chi connectivity index (χ0n) is 9.99. The van der Waals surface area contributed by atoms with E-state index in [-0.39, 0.29) is 45.5 Å². The van der Waals surface area contributed by atoms with E-state index in [1.54, 1.807) is 18.2 Å². The zero-order chi connectivity index (χ0) is 14.5. The molecule has 1 aromatic carbocycles. The summed E-state index contributed by atoms with van der Waals surface area (Å²) >= 11 is 12.1. The number of nitrogens with zero attached hydrogens (tertiary/aromatic N) is 1. The number of aromatic nitrogens is 1. The van der Waals surface area contributed by atoms with Crippen LogP contribution in [0.5, 0.6) is 0 Å². The second kappa shape index (κ2) is 4.46. The largest absolute Gasteiger partial charge is 0.477 e. The normalized spacial score (nSPS) is 16.1. The fourth-order valence-electron chi connectivity index (χ4n) is 2.03. The van der Waals surface area contributed by atoms with Crippen LogP contribution in [0, 0.1) is 0 Å². The molecule has 104 valence electrons. The number of rotatable bonds is 3. The minimum atomic E-state index is -1.74. The van der Waals surface area contributed by atoms with Crippen molar-refractivity contribution in [2.45, 2.75) is 18.5 Å². The van der Waals surface area contributed by atoms with Crippen molar-refractivity contribution < 1.29 is 18.8 Å².